The van der Waals surface area contributed by atoms with Crippen molar-refractivity contribution in [3.63, 3.8) is 0 Å². The van der Waals surface area contributed by atoms with Crippen molar-refractivity contribution in [2.24, 2.45) is 5.92 Å². The largest absolute Gasteiger partial charge is 0.342 e. The second-order valence-electron chi connectivity index (χ2n) is 7.31. The minimum absolute atomic E-state index is 0.270. The van der Waals surface area contributed by atoms with Gasteiger partial charge in [-0.15, -0.1) is 11.8 Å². The minimum atomic E-state index is 0.270. The third-order valence-corrected chi connectivity index (χ3v) is 6.40. The summed E-state index contributed by atoms with van der Waals surface area (Å²) in [6.07, 6.45) is 3.36. The number of carbonyl (C=O) groups excluding carboxylic acids is 1. The summed E-state index contributed by atoms with van der Waals surface area (Å²) < 4.78 is 0. The van der Waals surface area contributed by atoms with Gasteiger partial charge in [0.05, 0.1) is 5.75 Å². The monoisotopic (exact) mass is 375 g/mol. The highest BCUT2D eigenvalue weighted by Crippen LogP contribution is 2.26. The van der Waals surface area contributed by atoms with Crippen LogP contribution in [0.25, 0.3) is 10.8 Å². The predicted octanol–water partition coefficient (Wildman–Crippen LogP) is 5.41. The third kappa shape index (κ3) is 4.72. The number of nitrogens with zero attached hydrogens (tertiary/aromatic N) is 1. The van der Waals surface area contributed by atoms with Crippen LogP contribution in [0.15, 0.2) is 77.7 Å². The van der Waals surface area contributed by atoms with Gasteiger partial charge in [-0.25, -0.2) is 0 Å². The second kappa shape index (κ2) is 8.62. The Labute approximate surface area is 165 Å². The maximum atomic E-state index is 12.6. The van der Waals surface area contributed by atoms with E-state index in [1.165, 1.54) is 21.2 Å². The number of likely N-dealkylation sites (tertiary alicyclic amines) is 1. The van der Waals surface area contributed by atoms with Crippen molar-refractivity contribution >= 4 is 28.4 Å². The Morgan fingerprint density at radius 3 is 2.37 bits per heavy atom. The van der Waals surface area contributed by atoms with E-state index < -0.39 is 0 Å². The van der Waals surface area contributed by atoms with Gasteiger partial charge in [0.1, 0.15) is 0 Å². The highest BCUT2D eigenvalue weighted by molar-refractivity contribution is 8.00. The summed E-state index contributed by atoms with van der Waals surface area (Å²) in [5.41, 5.74) is 1.41. The Morgan fingerprint density at radius 1 is 0.889 bits per heavy atom. The Hall–Kier alpha value is -2.26. The fourth-order valence-corrected chi connectivity index (χ4v) is 4.67. The summed E-state index contributed by atoms with van der Waals surface area (Å²) in [5, 5.41) is 2.48. The van der Waals surface area contributed by atoms with E-state index in [0.29, 0.717) is 11.7 Å². The molecular formula is C24H25NOS. The Bertz CT molecular complexity index is 900. The number of benzene rings is 3. The maximum absolute atomic E-state index is 12.6. The zero-order valence-electron chi connectivity index (χ0n) is 15.5. The molecule has 3 aromatic carbocycles. The summed E-state index contributed by atoms with van der Waals surface area (Å²) in [6.45, 7) is 1.79. The lowest BCUT2D eigenvalue weighted by molar-refractivity contribution is -0.129. The highest BCUT2D eigenvalue weighted by atomic mass is 32.2. The lowest BCUT2D eigenvalue weighted by atomic mass is 9.90. The zero-order chi connectivity index (χ0) is 18.5. The van der Waals surface area contributed by atoms with Crippen LogP contribution in [0.1, 0.15) is 18.4 Å². The Kier molecular flexibility index (Phi) is 5.78. The smallest absolute Gasteiger partial charge is 0.232 e. The highest BCUT2D eigenvalue weighted by Gasteiger charge is 2.22. The molecule has 0 aliphatic carbocycles. The van der Waals surface area contributed by atoms with Crippen molar-refractivity contribution in [3.8, 4) is 0 Å². The molecule has 0 radical (unpaired) electrons. The molecule has 1 saturated heterocycles. The molecule has 2 nitrogen and oxygen atoms in total. The third-order valence-electron chi connectivity index (χ3n) is 5.42. The molecule has 4 rings (SSSR count). The molecule has 1 aliphatic rings. The molecule has 3 aromatic rings. The molecule has 1 aliphatic heterocycles. The van der Waals surface area contributed by atoms with E-state index in [1.54, 1.807) is 11.8 Å². The molecule has 0 aromatic heterocycles. The van der Waals surface area contributed by atoms with Crippen LogP contribution in [0.2, 0.25) is 0 Å². The van der Waals surface area contributed by atoms with Crippen LogP contribution in [0.3, 0.4) is 0 Å². The number of fused-ring (bicyclic) bond motifs is 1. The molecular weight excluding hydrogens is 350 g/mol. The first kappa shape index (κ1) is 18.1. The van der Waals surface area contributed by atoms with Crippen molar-refractivity contribution in [3.05, 3.63) is 78.4 Å². The van der Waals surface area contributed by atoms with Crippen LogP contribution in [0.4, 0.5) is 0 Å². The van der Waals surface area contributed by atoms with Gasteiger partial charge in [0, 0.05) is 18.0 Å². The minimum Gasteiger partial charge on any atom is -0.342 e. The van der Waals surface area contributed by atoms with Crippen LogP contribution >= 0.6 is 11.8 Å². The first-order valence-electron chi connectivity index (χ1n) is 9.71. The molecule has 0 spiro atoms. The summed E-state index contributed by atoms with van der Waals surface area (Å²) in [7, 11) is 0. The molecule has 0 N–H and O–H groups in total. The molecule has 1 amide bonds. The number of amides is 1. The van der Waals surface area contributed by atoms with Crippen LogP contribution in [0, 0.1) is 5.92 Å². The van der Waals surface area contributed by atoms with Crippen LogP contribution in [0.5, 0.6) is 0 Å². The van der Waals surface area contributed by atoms with Crippen molar-refractivity contribution < 1.29 is 4.79 Å². The van der Waals surface area contributed by atoms with Gasteiger partial charge in [0.15, 0.2) is 0 Å². The number of rotatable bonds is 5. The summed E-state index contributed by atoms with van der Waals surface area (Å²) in [6, 6.07) is 25.5. The normalized spacial score (nSPS) is 15.2. The molecule has 0 atom stereocenters. The van der Waals surface area contributed by atoms with Crippen LogP contribution < -0.4 is 0 Å². The summed E-state index contributed by atoms with van der Waals surface area (Å²) >= 11 is 1.65. The fourth-order valence-electron chi connectivity index (χ4n) is 3.83. The number of hydrogen-bond acceptors (Lipinski definition) is 2. The number of carbonyl (C=O) groups is 1. The van der Waals surface area contributed by atoms with E-state index in [-0.39, 0.29) is 5.91 Å². The van der Waals surface area contributed by atoms with E-state index in [0.717, 1.165) is 32.4 Å². The van der Waals surface area contributed by atoms with E-state index in [4.69, 9.17) is 0 Å². The molecule has 0 bridgehead atoms. The maximum Gasteiger partial charge on any atom is 0.232 e. The van der Waals surface area contributed by atoms with E-state index in [9.17, 15) is 4.79 Å². The topological polar surface area (TPSA) is 20.3 Å². The molecule has 1 fully saturated rings. The van der Waals surface area contributed by atoms with Gasteiger partial charge in [-0.3, -0.25) is 4.79 Å². The molecule has 138 valence electrons. The SMILES string of the molecule is O=C(CSc1ccc2ccccc2c1)N1CCC(Cc2ccccc2)CC1. The molecule has 0 unspecified atom stereocenters. The molecule has 3 heteroatoms. The number of thioether (sulfide) groups is 1. The van der Waals surface area contributed by atoms with Gasteiger partial charge in [-0.05, 0) is 53.6 Å². The quantitative estimate of drug-likeness (QED) is 0.556. The summed E-state index contributed by atoms with van der Waals surface area (Å²) in [4.78, 5) is 15.8. The standard InChI is InChI=1S/C24H25NOS/c26-24(18-27-23-11-10-21-8-4-5-9-22(21)17-23)25-14-12-20(13-15-25)16-19-6-2-1-3-7-19/h1-11,17,20H,12-16,18H2. The van der Waals surface area contributed by atoms with Crippen molar-refractivity contribution in [2.45, 2.75) is 24.2 Å². The molecule has 27 heavy (non-hydrogen) atoms. The predicted molar refractivity (Wildman–Crippen MR) is 114 cm³/mol. The Balaban J connectivity index is 1.26. The van der Waals surface area contributed by atoms with Crippen molar-refractivity contribution in [2.75, 3.05) is 18.8 Å². The first-order valence-corrected chi connectivity index (χ1v) is 10.7. The van der Waals surface area contributed by atoms with Crippen molar-refractivity contribution in [1.82, 2.24) is 4.90 Å². The fraction of sp³-hybridized carbons (Fsp3) is 0.292. The average molecular weight is 376 g/mol. The molecule has 0 saturated carbocycles. The first-order chi connectivity index (χ1) is 13.3. The van der Waals surface area contributed by atoms with E-state index >= 15 is 0 Å². The van der Waals surface area contributed by atoms with Gasteiger partial charge < -0.3 is 4.90 Å². The number of hydrogen-bond donors (Lipinski definition) is 0. The van der Waals surface area contributed by atoms with Gasteiger partial charge in [-0.2, -0.15) is 0 Å². The number of piperidine rings is 1. The Morgan fingerprint density at radius 2 is 1.59 bits per heavy atom. The van der Waals surface area contributed by atoms with Gasteiger partial charge in [0.25, 0.3) is 0 Å². The van der Waals surface area contributed by atoms with Gasteiger partial charge >= 0.3 is 0 Å². The van der Waals surface area contributed by atoms with Crippen LogP contribution in [-0.2, 0) is 11.2 Å². The average Bonchev–Trinajstić information content (AvgIpc) is 2.73. The van der Waals surface area contributed by atoms with Crippen molar-refractivity contribution in [1.29, 1.82) is 0 Å². The lowest BCUT2D eigenvalue weighted by Crippen LogP contribution is -2.39. The summed E-state index contributed by atoms with van der Waals surface area (Å²) in [5.74, 6) is 1.50. The van der Waals surface area contributed by atoms with E-state index in [1.807, 2.05) is 0 Å². The van der Waals surface area contributed by atoms with Gasteiger partial charge in [0.2, 0.25) is 5.91 Å². The zero-order valence-corrected chi connectivity index (χ0v) is 16.3. The lowest BCUT2D eigenvalue weighted by Gasteiger charge is -2.32. The molecule has 1 heterocycles. The van der Waals surface area contributed by atoms with Gasteiger partial charge in [-0.1, -0.05) is 60.7 Å². The van der Waals surface area contributed by atoms with E-state index in [2.05, 4.69) is 77.7 Å². The van der Waals surface area contributed by atoms with Crippen LogP contribution in [-0.4, -0.2) is 29.6 Å². The second-order valence-corrected chi connectivity index (χ2v) is 8.36.